The summed E-state index contributed by atoms with van der Waals surface area (Å²) >= 11 is 0. The van der Waals surface area contributed by atoms with Gasteiger partial charge in [0.2, 0.25) is 0 Å². The Morgan fingerprint density at radius 1 is 1.05 bits per heavy atom. The Labute approximate surface area is 231 Å². The molecule has 8 nitrogen and oxygen atoms in total. The van der Waals surface area contributed by atoms with E-state index >= 15 is 0 Å². The summed E-state index contributed by atoms with van der Waals surface area (Å²) in [6, 6.07) is 3.45. The first kappa shape index (κ1) is 32.7. The van der Waals surface area contributed by atoms with Gasteiger partial charge in [-0.1, -0.05) is 61.3 Å². The molecule has 0 bridgehead atoms. The second-order valence-electron chi connectivity index (χ2n) is 11.5. The molecule has 2 heterocycles. The third-order valence-corrected chi connectivity index (χ3v) is 14.1. The molecule has 0 aromatic carbocycles. The molecule has 0 unspecified atom stereocenters. The molecule has 9 heteroatoms. The lowest BCUT2D eigenvalue weighted by Crippen LogP contribution is -2.78. The van der Waals surface area contributed by atoms with Gasteiger partial charge in [0, 0.05) is 38.6 Å². The first-order valence-corrected chi connectivity index (χ1v) is 16.3. The van der Waals surface area contributed by atoms with E-state index in [0.29, 0.717) is 29.7 Å². The van der Waals surface area contributed by atoms with Crippen LogP contribution in [0.25, 0.3) is 0 Å². The number of nitrogens with zero attached hydrogens (tertiary/aromatic N) is 2. The summed E-state index contributed by atoms with van der Waals surface area (Å²) in [5, 5.41) is 0. The lowest BCUT2D eigenvalue weighted by atomic mass is 9.79. The van der Waals surface area contributed by atoms with E-state index in [4.69, 9.17) is 23.4 Å². The quantitative estimate of drug-likeness (QED) is 0.127. The molecule has 1 aliphatic rings. The minimum atomic E-state index is -2.17. The fourth-order valence-electron chi connectivity index (χ4n) is 6.19. The monoisotopic (exact) mass is 552 g/mol. The summed E-state index contributed by atoms with van der Waals surface area (Å²) in [5.41, 5.74) is 0.853. The van der Waals surface area contributed by atoms with E-state index in [0.717, 1.165) is 30.7 Å². The number of hydrogen-bond donors (Lipinski definition) is 0. The zero-order chi connectivity index (χ0) is 28.5. The third-order valence-electron chi connectivity index (χ3n) is 7.97. The SMILES string of the molecule is CCCC[C@@H](C)Oc1ccnc(C[C@]2(OCOC)C(=O)N(COC)[C@H]2CO[Si](C(C)C)(C(C)C)C(C)C)c1. The van der Waals surface area contributed by atoms with Gasteiger partial charge in [-0.3, -0.25) is 9.78 Å². The maximum absolute atomic E-state index is 13.7. The summed E-state index contributed by atoms with van der Waals surface area (Å²) in [6.07, 6.45) is 5.38. The molecule has 1 fully saturated rings. The van der Waals surface area contributed by atoms with E-state index in [9.17, 15) is 4.79 Å². The van der Waals surface area contributed by atoms with Crippen LogP contribution in [0.15, 0.2) is 18.3 Å². The molecule has 1 amide bonds. The van der Waals surface area contributed by atoms with Crippen molar-refractivity contribution in [2.24, 2.45) is 0 Å². The molecule has 0 radical (unpaired) electrons. The summed E-state index contributed by atoms with van der Waals surface area (Å²) in [7, 11) is 0.986. The molecule has 0 aliphatic carbocycles. The largest absolute Gasteiger partial charge is 0.491 e. The molecule has 2 rings (SSSR count). The summed E-state index contributed by atoms with van der Waals surface area (Å²) in [6.45, 7) is 18.4. The van der Waals surface area contributed by atoms with Gasteiger partial charge in [0.25, 0.3) is 5.91 Å². The molecule has 0 N–H and O–H groups in total. The van der Waals surface area contributed by atoms with Crippen LogP contribution in [0, 0.1) is 0 Å². The van der Waals surface area contributed by atoms with Gasteiger partial charge in [-0.15, -0.1) is 0 Å². The molecule has 0 saturated carbocycles. The van der Waals surface area contributed by atoms with Crippen LogP contribution in [0.4, 0.5) is 0 Å². The van der Waals surface area contributed by atoms with Crippen LogP contribution in [0.2, 0.25) is 16.6 Å². The number of carbonyl (C=O) groups excluding carboxylic acids is 1. The third kappa shape index (κ3) is 7.16. The number of likely N-dealkylation sites (tertiary alicyclic amines) is 1. The Kier molecular flexibility index (Phi) is 12.7. The van der Waals surface area contributed by atoms with Crippen LogP contribution in [0.5, 0.6) is 5.75 Å². The molecule has 1 saturated heterocycles. The van der Waals surface area contributed by atoms with E-state index in [2.05, 4.69) is 60.4 Å². The number of ether oxygens (including phenoxy) is 4. The highest BCUT2D eigenvalue weighted by molar-refractivity contribution is 6.77. The fraction of sp³-hybridized carbons (Fsp3) is 0.793. The van der Waals surface area contributed by atoms with E-state index in [1.54, 1.807) is 25.3 Å². The van der Waals surface area contributed by atoms with Crippen LogP contribution in [0.1, 0.15) is 80.3 Å². The van der Waals surface area contributed by atoms with Gasteiger partial charge in [0.1, 0.15) is 19.3 Å². The first-order valence-electron chi connectivity index (χ1n) is 14.2. The number of hydrogen-bond acceptors (Lipinski definition) is 7. The number of unbranched alkanes of at least 4 members (excludes halogenated alkanes) is 1. The predicted octanol–water partition coefficient (Wildman–Crippen LogP) is 5.95. The van der Waals surface area contributed by atoms with Crippen molar-refractivity contribution in [1.82, 2.24) is 9.88 Å². The van der Waals surface area contributed by atoms with Crippen molar-refractivity contribution in [3.63, 3.8) is 0 Å². The van der Waals surface area contributed by atoms with Crippen molar-refractivity contribution in [1.29, 1.82) is 0 Å². The van der Waals surface area contributed by atoms with Gasteiger partial charge in [-0.2, -0.15) is 0 Å². The van der Waals surface area contributed by atoms with Crippen molar-refractivity contribution >= 4 is 14.2 Å². The lowest BCUT2D eigenvalue weighted by Gasteiger charge is -2.56. The topological polar surface area (TPSA) is 79.4 Å². The average Bonchev–Trinajstić information content (AvgIpc) is 2.86. The molecule has 1 aromatic heterocycles. The Balaban J connectivity index is 2.38. The van der Waals surface area contributed by atoms with Gasteiger partial charge in [-0.25, -0.2) is 0 Å². The number of β-lactam (4-membered cyclic amide) rings is 1. The van der Waals surface area contributed by atoms with Crippen LogP contribution in [-0.4, -0.2) is 76.2 Å². The molecular formula is C29H52N2O6Si. The van der Waals surface area contributed by atoms with Gasteiger partial charge >= 0.3 is 0 Å². The number of aromatic nitrogens is 1. The minimum absolute atomic E-state index is 0.00554. The second kappa shape index (κ2) is 14.7. The molecule has 38 heavy (non-hydrogen) atoms. The lowest BCUT2D eigenvalue weighted by molar-refractivity contribution is -0.237. The number of methoxy groups -OCH3 is 2. The number of rotatable bonds is 18. The molecule has 218 valence electrons. The predicted molar refractivity (Wildman–Crippen MR) is 153 cm³/mol. The molecule has 3 atom stereocenters. The highest BCUT2D eigenvalue weighted by Gasteiger charge is 2.63. The van der Waals surface area contributed by atoms with Crippen LogP contribution in [0.3, 0.4) is 0 Å². The van der Waals surface area contributed by atoms with Gasteiger partial charge in [0.05, 0.1) is 18.8 Å². The Morgan fingerprint density at radius 3 is 2.26 bits per heavy atom. The summed E-state index contributed by atoms with van der Waals surface area (Å²) in [4.78, 5) is 20.0. The minimum Gasteiger partial charge on any atom is -0.491 e. The number of pyridine rings is 1. The van der Waals surface area contributed by atoms with Gasteiger partial charge in [0.15, 0.2) is 13.9 Å². The van der Waals surface area contributed by atoms with E-state index in [-0.39, 0.29) is 31.6 Å². The van der Waals surface area contributed by atoms with Crippen molar-refractivity contribution in [2.75, 3.05) is 34.4 Å². The molecular weight excluding hydrogens is 500 g/mol. The normalized spacial score (nSPS) is 20.9. The Hall–Kier alpha value is -1.52. The van der Waals surface area contributed by atoms with Crippen LogP contribution >= 0.6 is 0 Å². The maximum Gasteiger partial charge on any atom is 0.259 e. The van der Waals surface area contributed by atoms with E-state index in [1.165, 1.54) is 0 Å². The van der Waals surface area contributed by atoms with Crippen molar-refractivity contribution in [3.8, 4) is 5.75 Å². The van der Waals surface area contributed by atoms with E-state index < -0.39 is 13.9 Å². The Morgan fingerprint density at radius 2 is 1.71 bits per heavy atom. The summed E-state index contributed by atoms with van der Waals surface area (Å²) < 4.78 is 30.0. The van der Waals surface area contributed by atoms with Crippen molar-refractivity contribution < 1.29 is 28.2 Å². The average molecular weight is 553 g/mol. The molecule has 1 aliphatic heterocycles. The highest BCUT2D eigenvalue weighted by atomic mass is 28.4. The van der Waals surface area contributed by atoms with Crippen LogP contribution in [-0.2, 0) is 29.9 Å². The molecule has 1 aromatic rings. The maximum atomic E-state index is 13.7. The summed E-state index contributed by atoms with van der Waals surface area (Å²) in [5.74, 6) is 0.611. The van der Waals surface area contributed by atoms with Crippen molar-refractivity contribution in [3.05, 3.63) is 24.0 Å². The zero-order valence-corrected chi connectivity index (χ0v) is 26.4. The van der Waals surface area contributed by atoms with Gasteiger partial charge in [-0.05, 0) is 36.0 Å². The van der Waals surface area contributed by atoms with Gasteiger partial charge < -0.3 is 28.3 Å². The van der Waals surface area contributed by atoms with E-state index in [1.807, 2.05) is 12.1 Å². The smallest absolute Gasteiger partial charge is 0.259 e. The highest BCUT2D eigenvalue weighted by Crippen LogP contribution is 2.45. The number of carbonyl (C=O) groups is 1. The fourth-order valence-corrected chi connectivity index (χ4v) is 11.6. The van der Waals surface area contributed by atoms with Crippen molar-refractivity contribution in [2.45, 2.75) is 115 Å². The second-order valence-corrected chi connectivity index (χ2v) is 17.0. The Bertz CT molecular complexity index is 845. The zero-order valence-electron chi connectivity index (χ0n) is 25.4. The first-order chi connectivity index (χ1) is 18.0. The standard InChI is InChI=1S/C29H52N2O6Si/c1-11-12-13-24(8)37-26-14-15-30-25(16-26)17-29(35-20-34-10)27(31(19-33-9)28(29)32)18-36-38(21(2)3,22(4)5)23(6)7/h14-16,21-24,27H,11-13,17-20H2,1-10H3/t24-,27+,29-/m1/s1. The molecule has 0 spiro atoms. The van der Waals surface area contributed by atoms with Crippen LogP contribution < -0.4 is 4.74 Å². The number of amides is 1.